The van der Waals surface area contributed by atoms with Gasteiger partial charge in [-0.15, -0.1) is 0 Å². The smallest absolute Gasteiger partial charge is 0.255 e. The van der Waals surface area contributed by atoms with E-state index in [0.29, 0.717) is 34.6 Å². The van der Waals surface area contributed by atoms with Crippen LogP contribution in [0.3, 0.4) is 0 Å². The molecule has 3 aliphatic rings. The molecule has 2 saturated carbocycles. The van der Waals surface area contributed by atoms with Gasteiger partial charge < -0.3 is 16.0 Å². The van der Waals surface area contributed by atoms with E-state index < -0.39 is 5.82 Å². The van der Waals surface area contributed by atoms with Gasteiger partial charge in [-0.3, -0.25) is 4.79 Å². The normalized spacial score (nSPS) is 18.4. The molecule has 0 spiro atoms. The summed E-state index contributed by atoms with van der Waals surface area (Å²) in [5.74, 6) is 0.669. The Labute approximate surface area is 185 Å². The number of halogens is 2. The lowest BCUT2D eigenvalue weighted by molar-refractivity contribution is -0.117. The number of hydrogen-bond acceptors (Lipinski definition) is 5. The summed E-state index contributed by atoms with van der Waals surface area (Å²) in [5.41, 5.74) is 2.46. The van der Waals surface area contributed by atoms with Gasteiger partial charge in [0.1, 0.15) is 11.6 Å². The monoisotopic (exact) mass is 439 g/mol. The zero-order chi connectivity index (χ0) is 21.4. The molecular weight excluding hydrogens is 417 g/mol. The van der Waals surface area contributed by atoms with Crippen molar-refractivity contribution in [3.8, 4) is 11.4 Å². The van der Waals surface area contributed by atoms with Gasteiger partial charge in [0.2, 0.25) is 0 Å². The van der Waals surface area contributed by atoms with Crippen LogP contribution >= 0.6 is 11.6 Å². The minimum absolute atomic E-state index is 0.117. The fraction of sp³-hybridized carbons (Fsp3) is 0.348. The van der Waals surface area contributed by atoms with Crippen LogP contribution in [0.2, 0.25) is 5.02 Å². The van der Waals surface area contributed by atoms with E-state index in [2.05, 4.69) is 25.9 Å². The van der Waals surface area contributed by atoms with E-state index in [0.717, 1.165) is 37.7 Å². The Hall–Kier alpha value is -2.93. The summed E-state index contributed by atoms with van der Waals surface area (Å²) >= 11 is 6.07. The van der Waals surface area contributed by atoms with Crippen LogP contribution in [0.25, 0.3) is 11.4 Å². The Morgan fingerprint density at radius 3 is 2.81 bits per heavy atom. The average Bonchev–Trinajstić information content (AvgIpc) is 3.54. The maximum atomic E-state index is 14.4. The largest absolute Gasteiger partial charge is 0.387 e. The highest BCUT2D eigenvalue weighted by molar-refractivity contribution is 6.30. The summed E-state index contributed by atoms with van der Waals surface area (Å²) in [6.45, 7) is 0.599. The molecule has 0 saturated heterocycles. The molecular formula is C23H23ClFN5O. The number of hydrogen-bond donors (Lipinski definition) is 3. The second-order valence-electron chi connectivity index (χ2n) is 8.21. The van der Waals surface area contributed by atoms with Crippen LogP contribution < -0.4 is 16.0 Å². The van der Waals surface area contributed by atoms with Crippen molar-refractivity contribution in [2.24, 2.45) is 0 Å². The first-order valence-electron chi connectivity index (χ1n) is 10.6. The quantitative estimate of drug-likeness (QED) is 0.626. The van der Waals surface area contributed by atoms with Crippen molar-refractivity contribution in [2.45, 2.75) is 44.1 Å². The summed E-state index contributed by atoms with van der Waals surface area (Å²) in [6.07, 6.45) is 10.7. The van der Waals surface area contributed by atoms with Crippen LogP contribution in [-0.4, -0.2) is 28.5 Å². The zero-order valence-electron chi connectivity index (χ0n) is 16.9. The molecule has 160 valence electrons. The molecule has 8 heteroatoms. The highest BCUT2D eigenvalue weighted by Gasteiger charge is 2.29. The lowest BCUT2D eigenvalue weighted by Crippen LogP contribution is -2.32. The summed E-state index contributed by atoms with van der Waals surface area (Å²) in [4.78, 5) is 21.8. The number of rotatable bonds is 6. The molecule has 5 rings (SSSR count). The fourth-order valence-electron chi connectivity index (χ4n) is 3.74. The number of dihydropyridines is 1. The molecule has 1 amide bonds. The molecule has 2 aromatic rings. The number of carbonyl (C=O) groups is 1. The lowest BCUT2D eigenvalue weighted by atomic mass is 9.80. The Morgan fingerprint density at radius 1 is 1.23 bits per heavy atom. The molecule has 2 aliphatic carbocycles. The summed E-state index contributed by atoms with van der Waals surface area (Å²) < 4.78 is 14.4. The van der Waals surface area contributed by atoms with E-state index in [1.54, 1.807) is 12.4 Å². The van der Waals surface area contributed by atoms with E-state index in [-0.39, 0.29) is 23.3 Å². The topological polar surface area (TPSA) is 78.9 Å². The fourth-order valence-corrected chi connectivity index (χ4v) is 3.91. The van der Waals surface area contributed by atoms with Crippen LogP contribution in [0.4, 0.5) is 10.2 Å². The average molecular weight is 440 g/mol. The molecule has 6 nitrogen and oxygen atoms in total. The second kappa shape index (κ2) is 8.30. The van der Waals surface area contributed by atoms with Crippen molar-refractivity contribution >= 4 is 23.3 Å². The SMILES string of the molecule is O=C(NC1CC1)C1=CNCC=C1Nc1nc(-c2cc(Cl)ccc2F)ncc1C1CCC1. The number of nitrogens with zero attached hydrogens (tertiary/aromatic N) is 2. The predicted octanol–water partition coefficient (Wildman–Crippen LogP) is 4.27. The van der Waals surface area contributed by atoms with E-state index in [9.17, 15) is 9.18 Å². The van der Waals surface area contributed by atoms with Crippen LogP contribution in [0, 0.1) is 5.82 Å². The van der Waals surface area contributed by atoms with Gasteiger partial charge in [0, 0.05) is 35.6 Å². The highest BCUT2D eigenvalue weighted by Crippen LogP contribution is 2.40. The number of carbonyl (C=O) groups excluding carboxylic acids is 1. The van der Waals surface area contributed by atoms with Crippen LogP contribution in [0.15, 0.2) is 47.9 Å². The van der Waals surface area contributed by atoms with Gasteiger partial charge in [-0.1, -0.05) is 18.0 Å². The Bertz CT molecular complexity index is 1090. The van der Waals surface area contributed by atoms with Crippen molar-refractivity contribution in [3.05, 3.63) is 64.3 Å². The Balaban J connectivity index is 1.49. The number of benzene rings is 1. The van der Waals surface area contributed by atoms with Crippen LogP contribution in [0.5, 0.6) is 0 Å². The van der Waals surface area contributed by atoms with E-state index in [1.165, 1.54) is 18.2 Å². The number of anilines is 1. The molecule has 31 heavy (non-hydrogen) atoms. The van der Waals surface area contributed by atoms with Gasteiger partial charge in [0.15, 0.2) is 5.82 Å². The van der Waals surface area contributed by atoms with Gasteiger partial charge in [-0.25, -0.2) is 14.4 Å². The van der Waals surface area contributed by atoms with Gasteiger partial charge in [-0.05, 0) is 55.9 Å². The highest BCUT2D eigenvalue weighted by atomic mass is 35.5. The molecule has 3 N–H and O–H groups in total. The van der Waals surface area contributed by atoms with Crippen LogP contribution in [-0.2, 0) is 4.79 Å². The maximum Gasteiger partial charge on any atom is 0.255 e. The molecule has 0 atom stereocenters. The minimum Gasteiger partial charge on any atom is -0.387 e. The molecule has 2 fully saturated rings. The first-order chi connectivity index (χ1) is 15.1. The second-order valence-corrected chi connectivity index (χ2v) is 8.64. The first kappa shape index (κ1) is 20.0. The Kier molecular flexibility index (Phi) is 5.36. The van der Waals surface area contributed by atoms with Crippen molar-refractivity contribution < 1.29 is 9.18 Å². The van der Waals surface area contributed by atoms with E-state index in [1.807, 2.05) is 6.08 Å². The Morgan fingerprint density at radius 2 is 2.06 bits per heavy atom. The number of aromatic nitrogens is 2. The maximum absolute atomic E-state index is 14.4. The molecule has 0 radical (unpaired) electrons. The summed E-state index contributed by atoms with van der Waals surface area (Å²) in [6, 6.07) is 4.60. The first-order valence-corrected chi connectivity index (χ1v) is 11.0. The molecule has 2 heterocycles. The standard InChI is InChI=1S/C23H23ClFN5O/c24-14-4-7-19(25)16(10-14)21-27-12-17(13-2-1-3-13)22(30-21)29-20-8-9-26-11-18(20)23(31)28-15-5-6-15/h4,7-8,10-13,15,26H,1-3,5-6,9H2,(H,28,31)(H,27,29,30). The minimum atomic E-state index is -0.433. The number of amides is 1. The van der Waals surface area contributed by atoms with Crippen molar-refractivity contribution in [1.29, 1.82) is 0 Å². The molecule has 1 aliphatic heterocycles. The number of nitrogens with one attached hydrogen (secondary N) is 3. The molecule has 1 aromatic heterocycles. The lowest BCUT2D eigenvalue weighted by Gasteiger charge is -2.28. The third-order valence-electron chi connectivity index (χ3n) is 5.90. The predicted molar refractivity (Wildman–Crippen MR) is 118 cm³/mol. The van der Waals surface area contributed by atoms with Gasteiger partial charge in [0.05, 0.1) is 16.8 Å². The van der Waals surface area contributed by atoms with Crippen molar-refractivity contribution in [1.82, 2.24) is 20.6 Å². The third-order valence-corrected chi connectivity index (χ3v) is 6.14. The van der Waals surface area contributed by atoms with Gasteiger partial charge >= 0.3 is 0 Å². The summed E-state index contributed by atoms with van der Waals surface area (Å²) in [7, 11) is 0. The van der Waals surface area contributed by atoms with Gasteiger partial charge in [-0.2, -0.15) is 0 Å². The third kappa shape index (κ3) is 4.28. The summed E-state index contributed by atoms with van der Waals surface area (Å²) in [5, 5.41) is 9.89. The molecule has 0 bridgehead atoms. The molecule has 1 aromatic carbocycles. The van der Waals surface area contributed by atoms with E-state index in [4.69, 9.17) is 11.6 Å². The van der Waals surface area contributed by atoms with Crippen LogP contribution in [0.1, 0.15) is 43.6 Å². The zero-order valence-corrected chi connectivity index (χ0v) is 17.7. The van der Waals surface area contributed by atoms with Gasteiger partial charge in [0.25, 0.3) is 5.91 Å². The van der Waals surface area contributed by atoms with Crippen molar-refractivity contribution in [2.75, 3.05) is 11.9 Å². The van der Waals surface area contributed by atoms with Crippen molar-refractivity contribution in [3.63, 3.8) is 0 Å². The van der Waals surface area contributed by atoms with E-state index >= 15 is 0 Å². The molecule has 0 unspecified atom stereocenters.